The molecule has 5 atom stereocenters. The van der Waals surface area contributed by atoms with Crippen LogP contribution in [0.25, 0.3) is 0 Å². The van der Waals surface area contributed by atoms with Crippen molar-refractivity contribution in [2.75, 3.05) is 12.3 Å². The highest BCUT2D eigenvalue weighted by Crippen LogP contribution is 2.65. The van der Waals surface area contributed by atoms with Crippen molar-refractivity contribution in [2.24, 2.45) is 34.3 Å². The molecule has 3 unspecified atom stereocenters. The fourth-order valence-corrected chi connectivity index (χ4v) is 9.02. The average Bonchev–Trinajstić information content (AvgIpc) is 3.76. The summed E-state index contributed by atoms with van der Waals surface area (Å²) >= 11 is 0. The Kier molecular flexibility index (Phi) is 9.74. The van der Waals surface area contributed by atoms with E-state index in [1.54, 1.807) is 20.8 Å². The predicted molar refractivity (Wildman–Crippen MR) is 174 cm³/mol. The van der Waals surface area contributed by atoms with E-state index in [1.807, 2.05) is 34.6 Å². The third kappa shape index (κ3) is 7.54. The first kappa shape index (κ1) is 36.1. The number of carbonyl (C=O) groups is 5. The number of nitrogens with zero attached hydrogens (tertiary/aromatic N) is 1. The first-order chi connectivity index (χ1) is 21.0. The van der Waals surface area contributed by atoms with Crippen LogP contribution in [0.2, 0.25) is 0 Å². The van der Waals surface area contributed by atoms with Crippen molar-refractivity contribution in [2.45, 2.75) is 135 Å². The minimum atomic E-state index is -3.56. The van der Waals surface area contributed by atoms with Crippen LogP contribution in [0.5, 0.6) is 0 Å². The van der Waals surface area contributed by atoms with E-state index in [1.165, 1.54) is 4.90 Å². The molecule has 5 amide bonds. The zero-order valence-corrected chi connectivity index (χ0v) is 29.6. The number of ketones is 1. The molecule has 1 saturated heterocycles. The molecule has 4 fully saturated rings. The number of likely N-dealkylation sites (tertiary alicyclic amines) is 1. The maximum atomic E-state index is 14.3. The fraction of sp³-hybridized carbons (Fsp3) is 0.848. The van der Waals surface area contributed by atoms with Crippen LogP contribution in [-0.4, -0.2) is 83.6 Å². The Labute approximate surface area is 274 Å². The molecule has 0 spiro atoms. The monoisotopic (exact) mass is 665 g/mol. The fourth-order valence-electron chi connectivity index (χ4n) is 7.50. The molecule has 46 heavy (non-hydrogen) atoms. The predicted octanol–water partition coefficient (Wildman–Crippen LogP) is 2.44. The second-order valence-electron chi connectivity index (χ2n) is 17.0. The standard InChI is InChI=1S/C33H55N5O7S/c1-30(2,3)25(36-29(43)37-33(14-10-9-11-15-33)18-46(44,45)31(4,5)6)28(42)38-17-20-22(32(20,7)8)23(38)27(41)35-21(16-19-12-13-19)24(39)26(34)40/h19-23,25H,9-18H2,1-8H3,(H2,34,40)(H,35,41)(H2,36,37,43)/t20?,21?,22?,23-,25+/m0/s1. The second kappa shape index (κ2) is 12.4. The molecule has 0 radical (unpaired) electrons. The number of amides is 5. The van der Waals surface area contributed by atoms with Crippen LogP contribution >= 0.6 is 0 Å². The van der Waals surface area contributed by atoms with Crippen LogP contribution in [0.3, 0.4) is 0 Å². The van der Waals surface area contributed by atoms with Crippen LogP contribution in [0, 0.1) is 28.6 Å². The first-order valence-corrected chi connectivity index (χ1v) is 18.4. The van der Waals surface area contributed by atoms with Crippen molar-refractivity contribution in [1.82, 2.24) is 20.9 Å². The van der Waals surface area contributed by atoms with Gasteiger partial charge in [-0.2, -0.15) is 0 Å². The Morgan fingerprint density at radius 1 is 0.935 bits per heavy atom. The van der Waals surface area contributed by atoms with Crippen molar-refractivity contribution in [3.63, 3.8) is 0 Å². The van der Waals surface area contributed by atoms with E-state index in [4.69, 9.17) is 5.73 Å². The molecule has 0 aromatic rings. The molecule has 5 N–H and O–H groups in total. The SMILES string of the molecule is CC1(C)C2CN(C(=O)[C@@H](NC(=O)NC3(CS(=O)(=O)C(C)(C)C)CCCCC3)C(C)(C)C)[C@H](C(=O)NC(CC3CC3)C(=O)C(N)=O)C21. The van der Waals surface area contributed by atoms with Gasteiger partial charge in [-0.15, -0.1) is 0 Å². The summed E-state index contributed by atoms with van der Waals surface area (Å²) in [6.07, 6.45) is 5.70. The molecule has 3 saturated carbocycles. The van der Waals surface area contributed by atoms with Gasteiger partial charge in [0, 0.05) is 6.54 Å². The molecule has 4 aliphatic rings. The van der Waals surface area contributed by atoms with Crippen LogP contribution < -0.4 is 21.7 Å². The number of nitrogens with two attached hydrogens (primary N) is 1. The highest BCUT2D eigenvalue weighted by atomic mass is 32.2. The number of urea groups is 1. The third-order valence-electron chi connectivity index (χ3n) is 10.9. The lowest BCUT2D eigenvalue weighted by molar-refractivity contribution is -0.145. The number of rotatable bonds is 11. The van der Waals surface area contributed by atoms with Crippen LogP contribution in [-0.2, 0) is 29.0 Å². The molecular weight excluding hydrogens is 610 g/mol. The molecule has 13 heteroatoms. The number of hydrogen-bond acceptors (Lipinski definition) is 7. The zero-order chi connectivity index (χ0) is 34.6. The number of sulfone groups is 1. The van der Waals surface area contributed by atoms with Crippen molar-refractivity contribution in [3.8, 4) is 0 Å². The average molecular weight is 666 g/mol. The van der Waals surface area contributed by atoms with Gasteiger partial charge in [0.15, 0.2) is 9.84 Å². The Morgan fingerprint density at radius 2 is 1.52 bits per heavy atom. The number of piperidine rings is 1. The smallest absolute Gasteiger partial charge is 0.315 e. The van der Waals surface area contributed by atoms with E-state index >= 15 is 0 Å². The summed E-state index contributed by atoms with van der Waals surface area (Å²) < 4.78 is 25.5. The lowest BCUT2D eigenvalue weighted by atomic mass is 9.83. The number of nitrogens with one attached hydrogen (secondary N) is 3. The lowest BCUT2D eigenvalue weighted by Gasteiger charge is -2.41. The van der Waals surface area contributed by atoms with E-state index in [-0.39, 0.29) is 28.9 Å². The summed E-state index contributed by atoms with van der Waals surface area (Å²) in [5, 5.41) is 8.61. The Balaban J connectivity index is 1.55. The second-order valence-corrected chi connectivity index (χ2v) is 19.7. The van der Waals surface area contributed by atoms with Gasteiger partial charge in [-0.25, -0.2) is 13.2 Å². The Morgan fingerprint density at radius 3 is 2.02 bits per heavy atom. The summed E-state index contributed by atoms with van der Waals surface area (Å²) in [6, 6.07) is -3.58. The highest BCUT2D eigenvalue weighted by Gasteiger charge is 2.70. The molecule has 3 aliphatic carbocycles. The number of hydrogen-bond donors (Lipinski definition) is 4. The maximum absolute atomic E-state index is 14.3. The minimum absolute atomic E-state index is 0.0588. The minimum Gasteiger partial charge on any atom is -0.363 e. The van der Waals surface area contributed by atoms with Crippen molar-refractivity contribution >= 4 is 39.4 Å². The molecule has 0 aromatic carbocycles. The quantitative estimate of drug-likeness (QED) is 0.244. The maximum Gasteiger partial charge on any atom is 0.315 e. The molecule has 12 nitrogen and oxygen atoms in total. The van der Waals surface area contributed by atoms with E-state index in [2.05, 4.69) is 16.0 Å². The van der Waals surface area contributed by atoms with Gasteiger partial charge in [0.05, 0.1) is 22.1 Å². The zero-order valence-electron chi connectivity index (χ0n) is 28.8. The summed E-state index contributed by atoms with van der Waals surface area (Å²) in [5.41, 5.74) is 3.38. The van der Waals surface area contributed by atoms with Gasteiger partial charge in [0.1, 0.15) is 12.1 Å². The Bertz CT molecular complexity index is 1350. The number of primary amides is 1. The van der Waals surface area contributed by atoms with Crippen molar-refractivity contribution < 1.29 is 32.4 Å². The van der Waals surface area contributed by atoms with Crippen LogP contribution in [0.4, 0.5) is 4.79 Å². The summed E-state index contributed by atoms with van der Waals surface area (Å²) in [7, 11) is -3.56. The van der Waals surface area contributed by atoms with Gasteiger partial charge in [0.2, 0.25) is 17.6 Å². The summed E-state index contributed by atoms with van der Waals surface area (Å²) in [4.78, 5) is 67.8. The van der Waals surface area contributed by atoms with Gasteiger partial charge < -0.3 is 26.6 Å². The number of Topliss-reactive ketones (excluding diaryl/α,β-unsaturated/α-hetero) is 1. The topological polar surface area (TPSA) is 185 Å². The summed E-state index contributed by atoms with van der Waals surface area (Å²) in [6.45, 7) is 14.8. The molecule has 1 aliphatic heterocycles. The molecule has 0 aromatic heterocycles. The van der Waals surface area contributed by atoms with E-state index in [0.717, 1.165) is 32.1 Å². The normalized spacial score (nSPS) is 26.7. The lowest BCUT2D eigenvalue weighted by Crippen LogP contribution is -2.64. The molecule has 260 valence electrons. The van der Waals surface area contributed by atoms with E-state index in [0.29, 0.717) is 25.8 Å². The number of fused-ring (bicyclic) bond motifs is 1. The van der Waals surface area contributed by atoms with Gasteiger partial charge in [0.25, 0.3) is 5.91 Å². The largest absolute Gasteiger partial charge is 0.363 e. The van der Waals surface area contributed by atoms with Gasteiger partial charge >= 0.3 is 6.03 Å². The molecule has 0 bridgehead atoms. The Hall–Kier alpha value is -2.70. The summed E-state index contributed by atoms with van der Waals surface area (Å²) in [5.74, 6) is -2.93. The molecule has 1 heterocycles. The third-order valence-corrected chi connectivity index (χ3v) is 13.7. The molecule has 4 rings (SSSR count). The highest BCUT2D eigenvalue weighted by molar-refractivity contribution is 7.92. The number of carbonyl (C=O) groups excluding carboxylic acids is 5. The van der Waals surface area contributed by atoms with E-state index in [9.17, 15) is 32.4 Å². The van der Waals surface area contributed by atoms with E-state index < -0.39 is 73.2 Å². The first-order valence-electron chi connectivity index (χ1n) is 16.8. The van der Waals surface area contributed by atoms with Gasteiger partial charge in [-0.1, -0.05) is 66.7 Å². The van der Waals surface area contributed by atoms with Crippen molar-refractivity contribution in [1.29, 1.82) is 0 Å². The van der Waals surface area contributed by atoms with Gasteiger partial charge in [-0.3, -0.25) is 19.2 Å². The molecular formula is C33H55N5O7S. The van der Waals surface area contributed by atoms with Gasteiger partial charge in [-0.05, 0) is 68.6 Å². The van der Waals surface area contributed by atoms with Crippen LogP contribution in [0.15, 0.2) is 0 Å². The van der Waals surface area contributed by atoms with Crippen molar-refractivity contribution in [3.05, 3.63) is 0 Å². The van der Waals surface area contributed by atoms with Crippen LogP contribution in [0.1, 0.15) is 107 Å².